The number of piperazine rings is 1. The third-order valence-electron chi connectivity index (χ3n) is 6.37. The van der Waals surface area contributed by atoms with Crippen LogP contribution in [0, 0.1) is 5.92 Å². The maximum Gasteiger partial charge on any atom is 0.414 e. The molecule has 2 aromatic rings. The Kier molecular flexibility index (Phi) is 8.62. The molecular weight excluding hydrogens is 408 g/mol. The maximum atomic E-state index is 12.5. The summed E-state index contributed by atoms with van der Waals surface area (Å²) in [5.41, 5.74) is 1.37. The molecule has 2 fully saturated rings. The van der Waals surface area contributed by atoms with Gasteiger partial charge in [0.2, 0.25) is 5.91 Å². The van der Waals surface area contributed by atoms with Gasteiger partial charge in [0.1, 0.15) is 0 Å². The van der Waals surface area contributed by atoms with Crippen LogP contribution in [0.5, 0.6) is 0 Å². The lowest BCUT2D eigenvalue weighted by molar-refractivity contribution is -0.159. The zero-order valence-electron chi connectivity index (χ0n) is 18.4. The number of hydrogen-bond donors (Lipinski definition) is 2. The molecule has 1 saturated heterocycles. The van der Waals surface area contributed by atoms with E-state index < -0.39 is 11.9 Å². The first-order valence-corrected chi connectivity index (χ1v) is 11.4. The molecular formula is C25H32N2O5. The van der Waals surface area contributed by atoms with Gasteiger partial charge in [0.15, 0.2) is 0 Å². The van der Waals surface area contributed by atoms with Crippen molar-refractivity contribution < 1.29 is 24.6 Å². The Morgan fingerprint density at radius 2 is 1.47 bits per heavy atom. The zero-order valence-corrected chi connectivity index (χ0v) is 18.4. The fourth-order valence-corrected chi connectivity index (χ4v) is 4.54. The van der Waals surface area contributed by atoms with Crippen molar-refractivity contribution in [2.24, 2.45) is 5.92 Å². The summed E-state index contributed by atoms with van der Waals surface area (Å²) in [7, 11) is 0. The van der Waals surface area contributed by atoms with Gasteiger partial charge in [-0.25, -0.2) is 9.59 Å². The van der Waals surface area contributed by atoms with Gasteiger partial charge in [-0.1, -0.05) is 62.1 Å². The molecule has 1 amide bonds. The Labute approximate surface area is 188 Å². The summed E-state index contributed by atoms with van der Waals surface area (Å²) in [4.78, 5) is 35.2. The largest absolute Gasteiger partial charge is 0.473 e. The SMILES string of the molecule is O=C(CCC1CCCC1)N1CCN(Cc2ccc3ccccc3c2)CC1.O=C(O)C(=O)O. The van der Waals surface area contributed by atoms with E-state index in [1.54, 1.807) is 0 Å². The van der Waals surface area contributed by atoms with E-state index in [1.807, 2.05) is 0 Å². The Hall–Kier alpha value is -2.93. The van der Waals surface area contributed by atoms with Gasteiger partial charge in [-0.2, -0.15) is 0 Å². The Morgan fingerprint density at radius 1 is 0.844 bits per heavy atom. The van der Waals surface area contributed by atoms with Crippen LogP contribution in [0.1, 0.15) is 44.1 Å². The van der Waals surface area contributed by atoms with Gasteiger partial charge in [0.25, 0.3) is 0 Å². The molecule has 0 bridgehead atoms. The first-order valence-electron chi connectivity index (χ1n) is 11.4. The number of amides is 1. The van der Waals surface area contributed by atoms with E-state index in [0.29, 0.717) is 5.91 Å². The van der Waals surface area contributed by atoms with Crippen molar-refractivity contribution >= 4 is 28.6 Å². The van der Waals surface area contributed by atoms with Gasteiger partial charge < -0.3 is 15.1 Å². The van der Waals surface area contributed by atoms with Crippen LogP contribution in [0.2, 0.25) is 0 Å². The molecule has 32 heavy (non-hydrogen) atoms. The molecule has 0 spiro atoms. The smallest absolute Gasteiger partial charge is 0.414 e. The number of fused-ring (bicyclic) bond motifs is 1. The Balaban J connectivity index is 0.000000427. The van der Waals surface area contributed by atoms with Crippen molar-refractivity contribution in [1.29, 1.82) is 0 Å². The Bertz CT molecular complexity index is 919. The molecule has 0 unspecified atom stereocenters. The third-order valence-corrected chi connectivity index (χ3v) is 6.37. The average Bonchev–Trinajstić information content (AvgIpc) is 3.32. The molecule has 7 nitrogen and oxygen atoms in total. The fraction of sp³-hybridized carbons (Fsp3) is 0.480. The number of aliphatic carboxylic acids is 2. The first kappa shape index (κ1) is 23.7. The number of carbonyl (C=O) groups is 3. The van der Waals surface area contributed by atoms with E-state index in [2.05, 4.69) is 52.3 Å². The second-order valence-corrected chi connectivity index (χ2v) is 8.64. The zero-order chi connectivity index (χ0) is 22.9. The van der Waals surface area contributed by atoms with Crippen LogP contribution >= 0.6 is 0 Å². The molecule has 0 radical (unpaired) electrons. The number of rotatable bonds is 5. The number of carboxylic acid groups (broad SMARTS) is 2. The lowest BCUT2D eigenvalue weighted by Crippen LogP contribution is -2.48. The summed E-state index contributed by atoms with van der Waals surface area (Å²) < 4.78 is 0. The molecule has 2 aromatic carbocycles. The van der Waals surface area contributed by atoms with Crippen LogP contribution in [0.4, 0.5) is 0 Å². The summed E-state index contributed by atoms with van der Waals surface area (Å²) in [5, 5.41) is 17.4. The first-order chi connectivity index (χ1) is 15.4. The number of hydrogen-bond acceptors (Lipinski definition) is 4. The molecule has 0 atom stereocenters. The summed E-state index contributed by atoms with van der Waals surface area (Å²) in [5.74, 6) is -2.46. The molecule has 4 rings (SSSR count). The van der Waals surface area contributed by atoms with E-state index in [-0.39, 0.29) is 0 Å². The minimum absolute atomic E-state index is 0.377. The summed E-state index contributed by atoms with van der Waals surface area (Å²) in [6, 6.07) is 15.3. The lowest BCUT2D eigenvalue weighted by Gasteiger charge is -2.35. The van der Waals surface area contributed by atoms with Crippen molar-refractivity contribution in [3.05, 3.63) is 48.0 Å². The van der Waals surface area contributed by atoms with Crippen LogP contribution in [0.25, 0.3) is 10.8 Å². The van der Waals surface area contributed by atoms with Gasteiger partial charge >= 0.3 is 11.9 Å². The Morgan fingerprint density at radius 3 is 2.09 bits per heavy atom. The summed E-state index contributed by atoms with van der Waals surface area (Å²) in [6.07, 6.45) is 7.28. The fourth-order valence-electron chi connectivity index (χ4n) is 4.54. The van der Waals surface area contributed by atoms with Gasteiger partial charge in [0, 0.05) is 39.1 Å². The topological polar surface area (TPSA) is 98.2 Å². The van der Waals surface area contributed by atoms with Crippen LogP contribution in [-0.2, 0) is 20.9 Å². The van der Waals surface area contributed by atoms with E-state index in [9.17, 15) is 4.79 Å². The van der Waals surface area contributed by atoms with Crippen molar-refractivity contribution in [3.63, 3.8) is 0 Å². The van der Waals surface area contributed by atoms with Crippen LogP contribution in [0.15, 0.2) is 42.5 Å². The van der Waals surface area contributed by atoms with Gasteiger partial charge in [-0.3, -0.25) is 9.69 Å². The second-order valence-electron chi connectivity index (χ2n) is 8.64. The highest BCUT2D eigenvalue weighted by atomic mass is 16.4. The molecule has 0 aromatic heterocycles. The van der Waals surface area contributed by atoms with E-state index in [0.717, 1.165) is 51.5 Å². The van der Waals surface area contributed by atoms with E-state index in [4.69, 9.17) is 19.8 Å². The average molecular weight is 441 g/mol. The third kappa shape index (κ3) is 7.05. The van der Waals surface area contributed by atoms with Gasteiger partial charge in [0.05, 0.1) is 0 Å². The van der Waals surface area contributed by atoms with E-state index >= 15 is 0 Å². The number of carbonyl (C=O) groups excluding carboxylic acids is 1. The van der Waals surface area contributed by atoms with Crippen LogP contribution in [0.3, 0.4) is 0 Å². The van der Waals surface area contributed by atoms with E-state index in [1.165, 1.54) is 42.0 Å². The number of benzene rings is 2. The standard InChI is InChI=1S/C23H30N2O.C2H2O4/c26-23(12-10-19-5-1-2-6-19)25-15-13-24(14-16-25)18-20-9-11-21-7-3-4-8-22(21)17-20;3-1(4)2(5)6/h3-4,7-9,11,17,19H,1-2,5-6,10,12-16,18H2;(H,3,4)(H,5,6). The monoisotopic (exact) mass is 440 g/mol. The normalized spacial score (nSPS) is 17.1. The van der Waals surface area contributed by atoms with Crippen LogP contribution in [-0.4, -0.2) is 64.0 Å². The predicted molar refractivity (Wildman–Crippen MR) is 122 cm³/mol. The minimum Gasteiger partial charge on any atom is -0.473 e. The second kappa shape index (κ2) is 11.6. The van der Waals surface area contributed by atoms with Crippen molar-refractivity contribution in [3.8, 4) is 0 Å². The highest BCUT2D eigenvalue weighted by Gasteiger charge is 2.23. The number of nitrogens with zero attached hydrogens (tertiary/aromatic N) is 2. The summed E-state index contributed by atoms with van der Waals surface area (Å²) in [6.45, 7) is 4.73. The number of carboxylic acids is 2. The van der Waals surface area contributed by atoms with Crippen LogP contribution < -0.4 is 0 Å². The molecule has 172 valence electrons. The van der Waals surface area contributed by atoms with Crippen molar-refractivity contribution in [1.82, 2.24) is 9.80 Å². The molecule has 1 heterocycles. The van der Waals surface area contributed by atoms with Gasteiger partial charge in [-0.15, -0.1) is 0 Å². The van der Waals surface area contributed by atoms with Gasteiger partial charge in [-0.05, 0) is 34.7 Å². The highest BCUT2D eigenvalue weighted by Crippen LogP contribution is 2.28. The molecule has 1 aliphatic heterocycles. The highest BCUT2D eigenvalue weighted by molar-refractivity contribution is 6.27. The predicted octanol–water partition coefficient (Wildman–Crippen LogP) is 3.61. The molecule has 7 heteroatoms. The summed E-state index contributed by atoms with van der Waals surface area (Å²) >= 11 is 0. The van der Waals surface area contributed by atoms with Crippen molar-refractivity contribution in [2.75, 3.05) is 26.2 Å². The molecule has 2 aliphatic rings. The quantitative estimate of drug-likeness (QED) is 0.690. The minimum atomic E-state index is -1.82. The molecule has 2 N–H and O–H groups in total. The molecule has 1 aliphatic carbocycles. The van der Waals surface area contributed by atoms with Crippen molar-refractivity contribution in [2.45, 2.75) is 45.1 Å². The molecule has 1 saturated carbocycles. The lowest BCUT2D eigenvalue weighted by atomic mass is 10.0. The maximum absolute atomic E-state index is 12.5.